The molecule has 0 aliphatic carbocycles. The number of carboxylic acid groups (broad SMARTS) is 1. The molecule has 2 rings (SSSR count). The van der Waals surface area contributed by atoms with Crippen molar-refractivity contribution in [3.63, 3.8) is 0 Å². The van der Waals surface area contributed by atoms with E-state index in [1.54, 1.807) is 20.8 Å². The summed E-state index contributed by atoms with van der Waals surface area (Å²) >= 11 is 0. The van der Waals surface area contributed by atoms with Crippen LogP contribution in [0.5, 0.6) is 0 Å². The Labute approximate surface area is 179 Å². The summed E-state index contributed by atoms with van der Waals surface area (Å²) in [5.41, 5.74) is 1.17. The van der Waals surface area contributed by atoms with Crippen molar-refractivity contribution in [1.82, 2.24) is 4.90 Å². The molecule has 1 aromatic rings. The van der Waals surface area contributed by atoms with Crippen molar-refractivity contribution < 1.29 is 70.8 Å². The van der Waals surface area contributed by atoms with Gasteiger partial charge in [0.15, 0.2) is 0 Å². The molecule has 0 bridgehead atoms. The Morgan fingerprint density at radius 1 is 1.26 bits per heavy atom. The third kappa shape index (κ3) is 5.03. The van der Waals surface area contributed by atoms with Crippen molar-refractivity contribution >= 4 is 12.1 Å². The second-order valence-corrected chi connectivity index (χ2v) is 6.69. The fourth-order valence-electron chi connectivity index (χ4n) is 2.87. The Hall–Kier alpha value is -0.404. The smallest absolute Gasteiger partial charge is 0.550 e. The summed E-state index contributed by atoms with van der Waals surface area (Å²) in [5.74, 6) is -1.84. The number of hydrogen-bond acceptors (Lipinski definition) is 4. The van der Waals surface area contributed by atoms with E-state index in [4.69, 9.17) is 4.74 Å². The number of amides is 1. The van der Waals surface area contributed by atoms with Crippen LogP contribution in [0.15, 0.2) is 24.3 Å². The monoisotopic (exact) mass is 343 g/mol. The van der Waals surface area contributed by atoms with Gasteiger partial charge in [0.05, 0.1) is 6.04 Å². The summed E-state index contributed by atoms with van der Waals surface area (Å²) in [7, 11) is 0. The first-order valence-electron chi connectivity index (χ1n) is 7.46. The number of benzene rings is 1. The number of carbonyl (C=O) groups is 2. The van der Waals surface area contributed by atoms with Crippen LogP contribution in [0.2, 0.25) is 0 Å². The second-order valence-electron chi connectivity index (χ2n) is 6.69. The summed E-state index contributed by atoms with van der Waals surface area (Å²) in [6, 6.07) is 6.97. The van der Waals surface area contributed by atoms with Gasteiger partial charge in [-0.15, -0.1) is 0 Å². The SMILES string of the molecule is Cc1ccccc1[C@@H]1[C@@H](C(=O)[O-])CCN1C(=O)OC(C)(C)C.[K+]. The van der Waals surface area contributed by atoms with E-state index < -0.39 is 29.6 Å². The van der Waals surface area contributed by atoms with Crippen LogP contribution in [0.25, 0.3) is 0 Å². The molecule has 5 nitrogen and oxygen atoms in total. The number of hydrogen-bond donors (Lipinski definition) is 0. The van der Waals surface area contributed by atoms with E-state index in [1.165, 1.54) is 4.90 Å². The number of likely N-dealkylation sites (tertiary alicyclic amines) is 1. The maximum Gasteiger partial charge on any atom is 1.00 e. The Bertz CT molecular complexity index is 582. The number of rotatable bonds is 2. The number of carbonyl (C=O) groups excluding carboxylic acids is 2. The summed E-state index contributed by atoms with van der Waals surface area (Å²) in [4.78, 5) is 25.4. The van der Waals surface area contributed by atoms with E-state index in [-0.39, 0.29) is 51.4 Å². The van der Waals surface area contributed by atoms with E-state index in [1.807, 2.05) is 31.2 Å². The van der Waals surface area contributed by atoms with Gasteiger partial charge in [-0.3, -0.25) is 0 Å². The van der Waals surface area contributed by atoms with Crippen molar-refractivity contribution in [2.24, 2.45) is 5.92 Å². The van der Waals surface area contributed by atoms with Gasteiger partial charge in [0.2, 0.25) is 0 Å². The molecule has 2 atom stereocenters. The van der Waals surface area contributed by atoms with Crippen molar-refractivity contribution in [1.29, 1.82) is 0 Å². The van der Waals surface area contributed by atoms with Crippen LogP contribution in [0, 0.1) is 12.8 Å². The second kappa shape index (κ2) is 8.12. The quantitative estimate of drug-likeness (QED) is 0.649. The summed E-state index contributed by atoms with van der Waals surface area (Å²) in [6.07, 6.45) is -0.106. The third-order valence-electron chi connectivity index (χ3n) is 3.84. The molecular weight excluding hydrogens is 321 g/mol. The minimum Gasteiger partial charge on any atom is -0.550 e. The van der Waals surface area contributed by atoms with Crippen molar-refractivity contribution in [3.05, 3.63) is 35.4 Å². The Morgan fingerprint density at radius 2 is 1.87 bits per heavy atom. The topological polar surface area (TPSA) is 69.7 Å². The molecule has 0 saturated carbocycles. The minimum absolute atomic E-state index is 0. The van der Waals surface area contributed by atoms with Gasteiger partial charge in [0.25, 0.3) is 0 Å². The van der Waals surface area contributed by atoms with Crippen LogP contribution in [0.4, 0.5) is 4.79 Å². The molecule has 1 fully saturated rings. The molecule has 1 aliphatic heterocycles. The van der Waals surface area contributed by atoms with Gasteiger partial charge in [-0.05, 0) is 45.2 Å². The predicted octanol–water partition coefficient (Wildman–Crippen LogP) is -0.953. The molecule has 1 aromatic carbocycles. The zero-order chi connectivity index (χ0) is 16.5. The molecule has 0 spiro atoms. The molecule has 23 heavy (non-hydrogen) atoms. The van der Waals surface area contributed by atoms with Gasteiger partial charge >= 0.3 is 57.5 Å². The predicted molar refractivity (Wildman–Crippen MR) is 80.0 cm³/mol. The van der Waals surface area contributed by atoms with Crippen LogP contribution in [-0.4, -0.2) is 29.1 Å². The average molecular weight is 343 g/mol. The fourth-order valence-corrected chi connectivity index (χ4v) is 2.87. The molecule has 1 heterocycles. The van der Waals surface area contributed by atoms with Crippen LogP contribution in [0.3, 0.4) is 0 Å². The van der Waals surface area contributed by atoms with Gasteiger partial charge in [-0.1, -0.05) is 24.3 Å². The summed E-state index contributed by atoms with van der Waals surface area (Å²) in [5, 5.41) is 11.5. The van der Waals surface area contributed by atoms with Gasteiger partial charge in [0, 0.05) is 18.4 Å². The number of aliphatic carboxylic acids is 1. The molecule has 0 unspecified atom stereocenters. The molecule has 120 valence electrons. The molecule has 1 amide bonds. The standard InChI is InChI=1S/C17H23NO4.K/c1-11-7-5-6-8-12(11)14-13(15(19)20)9-10-18(14)16(21)22-17(2,3)4;/h5-8,13-14H,9-10H2,1-4H3,(H,19,20);/q;+1/p-1/t13-,14+;/m0./s1. The Kier molecular flexibility index (Phi) is 7.28. The number of nitrogens with zero attached hydrogens (tertiary/aromatic N) is 1. The van der Waals surface area contributed by atoms with E-state index in [0.29, 0.717) is 13.0 Å². The van der Waals surface area contributed by atoms with Crippen LogP contribution in [0.1, 0.15) is 44.4 Å². The molecule has 0 N–H and O–H groups in total. The van der Waals surface area contributed by atoms with E-state index >= 15 is 0 Å². The van der Waals surface area contributed by atoms with Gasteiger partial charge < -0.3 is 19.5 Å². The zero-order valence-electron chi connectivity index (χ0n) is 14.5. The largest absolute Gasteiger partial charge is 1.00 e. The normalized spacial score (nSPS) is 20.8. The maximum atomic E-state index is 12.4. The number of aryl methyl sites for hydroxylation is 1. The van der Waals surface area contributed by atoms with Crippen LogP contribution >= 0.6 is 0 Å². The first-order valence-corrected chi connectivity index (χ1v) is 7.46. The molecule has 0 aromatic heterocycles. The first kappa shape index (κ1) is 20.6. The van der Waals surface area contributed by atoms with E-state index in [9.17, 15) is 14.7 Å². The molecule has 1 saturated heterocycles. The van der Waals surface area contributed by atoms with Crippen molar-refractivity contribution in [2.45, 2.75) is 45.8 Å². The van der Waals surface area contributed by atoms with Gasteiger partial charge in [-0.25, -0.2) is 4.79 Å². The van der Waals surface area contributed by atoms with Gasteiger partial charge in [0.1, 0.15) is 5.60 Å². The molecule has 1 aliphatic rings. The van der Waals surface area contributed by atoms with Gasteiger partial charge in [-0.2, -0.15) is 0 Å². The minimum atomic E-state index is -1.13. The molecule has 0 radical (unpaired) electrons. The Balaban J connectivity index is 0.00000264. The number of carboxylic acids is 1. The van der Waals surface area contributed by atoms with E-state index in [0.717, 1.165) is 11.1 Å². The summed E-state index contributed by atoms with van der Waals surface area (Å²) in [6.45, 7) is 7.64. The average Bonchev–Trinajstić information content (AvgIpc) is 2.82. The zero-order valence-corrected chi connectivity index (χ0v) is 17.6. The van der Waals surface area contributed by atoms with Crippen molar-refractivity contribution in [2.75, 3.05) is 6.54 Å². The third-order valence-corrected chi connectivity index (χ3v) is 3.84. The fraction of sp³-hybridized carbons (Fsp3) is 0.529. The Morgan fingerprint density at radius 3 is 2.39 bits per heavy atom. The van der Waals surface area contributed by atoms with E-state index in [2.05, 4.69) is 0 Å². The summed E-state index contributed by atoms with van der Waals surface area (Å²) < 4.78 is 5.41. The number of ether oxygens (including phenoxy) is 1. The van der Waals surface area contributed by atoms with Crippen LogP contribution in [-0.2, 0) is 9.53 Å². The molecule has 6 heteroatoms. The van der Waals surface area contributed by atoms with Crippen molar-refractivity contribution in [3.8, 4) is 0 Å². The maximum absolute atomic E-state index is 12.4. The molecular formula is C17H22KNO4. The first-order chi connectivity index (χ1) is 10.2. The van der Waals surface area contributed by atoms with Crippen LogP contribution < -0.4 is 56.5 Å².